The van der Waals surface area contributed by atoms with Crippen molar-refractivity contribution < 1.29 is 14.6 Å². The smallest absolute Gasteiger partial charge is 0.255 e. The highest BCUT2D eigenvalue weighted by molar-refractivity contribution is 6.30. The predicted molar refractivity (Wildman–Crippen MR) is 114 cm³/mol. The quantitative estimate of drug-likeness (QED) is 0.618. The minimum Gasteiger partial charge on any atom is -0.490 e. The Labute approximate surface area is 175 Å². The van der Waals surface area contributed by atoms with E-state index in [2.05, 4.69) is 0 Å². The van der Waals surface area contributed by atoms with Gasteiger partial charge >= 0.3 is 0 Å². The minimum atomic E-state index is -0.911. The number of hydrogen-bond acceptors (Lipinski definition) is 4. The van der Waals surface area contributed by atoms with Crippen LogP contribution in [0.25, 0.3) is 5.69 Å². The number of nitrogens with zero attached hydrogens (tertiary/aromatic N) is 1. The Bertz CT molecular complexity index is 1040. The molecule has 29 heavy (non-hydrogen) atoms. The molecule has 1 aromatic heterocycles. The molecule has 0 spiro atoms. The van der Waals surface area contributed by atoms with Gasteiger partial charge in [-0.05, 0) is 80.4 Å². The fourth-order valence-corrected chi connectivity index (χ4v) is 2.85. The van der Waals surface area contributed by atoms with Crippen molar-refractivity contribution >= 4 is 11.6 Å². The largest absolute Gasteiger partial charge is 0.490 e. The highest BCUT2D eigenvalue weighted by Gasteiger charge is 2.14. The van der Waals surface area contributed by atoms with Crippen LogP contribution in [0.3, 0.4) is 0 Å². The van der Waals surface area contributed by atoms with Crippen molar-refractivity contribution in [2.24, 2.45) is 0 Å². The molecule has 152 valence electrons. The SMILES string of the molecule is Cc1cc(-n2ccc(COc3ccc(Cl)cc3)cc2=O)ccc1OCC(C)(C)O. The summed E-state index contributed by atoms with van der Waals surface area (Å²) in [5, 5.41) is 10.5. The lowest BCUT2D eigenvalue weighted by molar-refractivity contribution is 0.0282. The average Bonchev–Trinajstić information content (AvgIpc) is 2.66. The molecule has 0 atom stereocenters. The first kappa shape index (κ1) is 21.0. The van der Waals surface area contributed by atoms with E-state index >= 15 is 0 Å². The number of rotatable bonds is 7. The first-order valence-corrected chi connectivity index (χ1v) is 9.65. The van der Waals surface area contributed by atoms with E-state index in [4.69, 9.17) is 21.1 Å². The van der Waals surface area contributed by atoms with Gasteiger partial charge in [0.05, 0.1) is 5.60 Å². The highest BCUT2D eigenvalue weighted by atomic mass is 35.5. The van der Waals surface area contributed by atoms with E-state index in [1.165, 1.54) is 0 Å². The van der Waals surface area contributed by atoms with Gasteiger partial charge in [-0.15, -0.1) is 0 Å². The average molecular weight is 414 g/mol. The van der Waals surface area contributed by atoms with Crippen LogP contribution in [-0.2, 0) is 6.61 Å². The zero-order chi connectivity index (χ0) is 21.0. The first-order valence-electron chi connectivity index (χ1n) is 9.27. The van der Waals surface area contributed by atoms with Gasteiger partial charge in [0.1, 0.15) is 24.7 Å². The van der Waals surface area contributed by atoms with Crippen molar-refractivity contribution in [3.63, 3.8) is 0 Å². The standard InChI is InChI=1S/C23H24ClNO4/c1-16-12-19(6-9-21(16)29-15-23(2,3)27)25-11-10-17(13-22(25)26)14-28-20-7-4-18(24)5-8-20/h4-13,27H,14-15H2,1-3H3. The summed E-state index contributed by atoms with van der Waals surface area (Å²) >= 11 is 5.86. The Kier molecular flexibility index (Phi) is 6.30. The Hall–Kier alpha value is -2.76. The molecule has 0 fully saturated rings. The number of ether oxygens (including phenoxy) is 2. The van der Waals surface area contributed by atoms with Crippen molar-refractivity contribution in [1.29, 1.82) is 0 Å². The van der Waals surface area contributed by atoms with Crippen LogP contribution in [0.5, 0.6) is 11.5 Å². The summed E-state index contributed by atoms with van der Waals surface area (Å²) in [7, 11) is 0. The van der Waals surface area contributed by atoms with E-state index in [0.717, 1.165) is 16.8 Å². The summed E-state index contributed by atoms with van der Waals surface area (Å²) in [6.07, 6.45) is 1.73. The minimum absolute atomic E-state index is 0.147. The molecule has 0 amide bonds. The van der Waals surface area contributed by atoms with Crippen LogP contribution in [0, 0.1) is 6.92 Å². The number of aliphatic hydroxyl groups is 1. The lowest BCUT2D eigenvalue weighted by atomic mass is 10.1. The van der Waals surface area contributed by atoms with Crippen molar-refractivity contribution in [2.45, 2.75) is 33.0 Å². The summed E-state index contributed by atoms with van der Waals surface area (Å²) in [6, 6.07) is 16.0. The molecule has 0 unspecified atom stereocenters. The van der Waals surface area contributed by atoms with E-state index in [1.807, 2.05) is 25.1 Å². The second-order valence-corrected chi connectivity index (χ2v) is 7.97. The van der Waals surface area contributed by atoms with E-state index in [1.54, 1.807) is 61.0 Å². The molecule has 0 bridgehead atoms. The van der Waals surface area contributed by atoms with Crippen molar-refractivity contribution in [3.05, 3.63) is 87.3 Å². The van der Waals surface area contributed by atoms with E-state index < -0.39 is 5.60 Å². The monoisotopic (exact) mass is 413 g/mol. The van der Waals surface area contributed by atoms with Crippen LogP contribution >= 0.6 is 11.6 Å². The summed E-state index contributed by atoms with van der Waals surface area (Å²) in [4.78, 5) is 12.6. The summed E-state index contributed by atoms with van der Waals surface area (Å²) < 4.78 is 12.9. The molecular formula is C23H24ClNO4. The van der Waals surface area contributed by atoms with Crippen LogP contribution in [0.15, 0.2) is 65.6 Å². The van der Waals surface area contributed by atoms with Gasteiger partial charge in [-0.1, -0.05) is 11.6 Å². The van der Waals surface area contributed by atoms with Crippen molar-refractivity contribution in [2.75, 3.05) is 6.61 Å². The summed E-state index contributed by atoms with van der Waals surface area (Å²) in [5.41, 5.74) is 1.35. The Balaban J connectivity index is 1.72. The second-order valence-electron chi connectivity index (χ2n) is 7.54. The molecule has 1 heterocycles. The van der Waals surface area contributed by atoms with Crippen LogP contribution in [-0.4, -0.2) is 21.9 Å². The fraction of sp³-hybridized carbons (Fsp3) is 0.261. The molecule has 0 aliphatic carbocycles. The van der Waals surface area contributed by atoms with Crippen molar-refractivity contribution in [1.82, 2.24) is 4.57 Å². The molecule has 0 aliphatic rings. The van der Waals surface area contributed by atoms with Crippen LogP contribution in [0.4, 0.5) is 0 Å². The fourth-order valence-electron chi connectivity index (χ4n) is 2.72. The Morgan fingerprint density at radius 1 is 1.03 bits per heavy atom. The number of aryl methyl sites for hydroxylation is 1. The van der Waals surface area contributed by atoms with Gasteiger partial charge in [0.25, 0.3) is 5.56 Å². The summed E-state index contributed by atoms with van der Waals surface area (Å²) in [5.74, 6) is 1.37. The number of hydrogen-bond donors (Lipinski definition) is 1. The topological polar surface area (TPSA) is 60.7 Å². The van der Waals surface area contributed by atoms with E-state index in [0.29, 0.717) is 23.1 Å². The highest BCUT2D eigenvalue weighted by Crippen LogP contribution is 2.22. The van der Waals surface area contributed by atoms with Gasteiger partial charge in [0.2, 0.25) is 0 Å². The summed E-state index contributed by atoms with van der Waals surface area (Å²) in [6.45, 7) is 5.77. The molecule has 0 aliphatic heterocycles. The normalized spacial score (nSPS) is 11.3. The lowest BCUT2D eigenvalue weighted by Gasteiger charge is -2.19. The Morgan fingerprint density at radius 2 is 1.76 bits per heavy atom. The van der Waals surface area contributed by atoms with Crippen molar-refractivity contribution in [3.8, 4) is 17.2 Å². The molecule has 6 heteroatoms. The molecule has 5 nitrogen and oxygen atoms in total. The first-order chi connectivity index (χ1) is 13.7. The third-order valence-corrected chi connectivity index (χ3v) is 4.47. The van der Waals surface area contributed by atoms with Crippen LogP contribution < -0.4 is 15.0 Å². The number of aromatic nitrogens is 1. The van der Waals surface area contributed by atoms with Gasteiger partial charge in [-0.2, -0.15) is 0 Å². The van der Waals surface area contributed by atoms with Gasteiger partial charge in [0.15, 0.2) is 0 Å². The zero-order valence-corrected chi connectivity index (χ0v) is 17.4. The number of halogens is 1. The van der Waals surface area contributed by atoms with E-state index in [-0.39, 0.29) is 12.2 Å². The molecule has 3 aromatic rings. The van der Waals surface area contributed by atoms with Gasteiger partial charge in [-0.3, -0.25) is 9.36 Å². The zero-order valence-electron chi connectivity index (χ0n) is 16.7. The maximum atomic E-state index is 12.6. The van der Waals surface area contributed by atoms with Crippen LogP contribution in [0.2, 0.25) is 5.02 Å². The van der Waals surface area contributed by atoms with Gasteiger partial charge in [-0.25, -0.2) is 0 Å². The molecular weight excluding hydrogens is 390 g/mol. The second kappa shape index (κ2) is 8.72. The molecule has 0 radical (unpaired) electrons. The number of pyridine rings is 1. The molecule has 0 saturated carbocycles. The van der Waals surface area contributed by atoms with E-state index in [9.17, 15) is 9.90 Å². The van der Waals surface area contributed by atoms with Gasteiger partial charge < -0.3 is 14.6 Å². The molecule has 2 aromatic carbocycles. The molecule has 3 rings (SSSR count). The maximum absolute atomic E-state index is 12.6. The lowest BCUT2D eigenvalue weighted by Crippen LogP contribution is -2.28. The number of benzene rings is 2. The van der Waals surface area contributed by atoms with Gasteiger partial charge in [0, 0.05) is 23.0 Å². The maximum Gasteiger partial charge on any atom is 0.255 e. The molecule has 0 saturated heterocycles. The molecule has 1 N–H and O–H groups in total. The third-order valence-electron chi connectivity index (χ3n) is 4.22. The van der Waals surface area contributed by atoms with Crippen LogP contribution in [0.1, 0.15) is 25.0 Å². The predicted octanol–water partition coefficient (Wildman–Crippen LogP) is 4.53. The Morgan fingerprint density at radius 3 is 2.38 bits per heavy atom. The third kappa shape index (κ3) is 5.86.